The van der Waals surface area contributed by atoms with Crippen LogP contribution >= 0.6 is 0 Å². The van der Waals surface area contributed by atoms with Gasteiger partial charge in [-0.1, -0.05) is 13.5 Å². The van der Waals surface area contributed by atoms with Crippen LogP contribution in [0.15, 0.2) is 12.2 Å². The number of ether oxygens (including phenoxy) is 1. The van der Waals surface area contributed by atoms with E-state index >= 15 is 0 Å². The van der Waals surface area contributed by atoms with Gasteiger partial charge in [-0.2, -0.15) is 0 Å². The second kappa shape index (κ2) is 3.85. The molecule has 0 aliphatic heterocycles. The summed E-state index contributed by atoms with van der Waals surface area (Å²) in [6, 6.07) is 0. The Kier molecular flexibility index (Phi) is 2.62. The van der Waals surface area contributed by atoms with Crippen molar-refractivity contribution in [3.8, 4) is 0 Å². The van der Waals surface area contributed by atoms with Crippen molar-refractivity contribution in [3.05, 3.63) is 12.2 Å². The van der Waals surface area contributed by atoms with Crippen LogP contribution in [0, 0.1) is 22.7 Å². The number of carbonyl (C=O) groups excluding carboxylic acids is 1. The Labute approximate surface area is 110 Å². The standard InChI is InChI=1S/C16H24O2/c1-11(2)14(17)18-10-16-7-12-4-13(8-16)6-15(3,5-12)9-16/h12-13H,1,4-10H2,2-3H3. The van der Waals surface area contributed by atoms with Gasteiger partial charge >= 0.3 is 5.97 Å². The first-order valence-electron chi connectivity index (χ1n) is 7.22. The quantitative estimate of drug-likeness (QED) is 0.562. The lowest BCUT2D eigenvalue weighted by molar-refractivity contribution is -0.158. The minimum Gasteiger partial charge on any atom is -0.462 e. The molecule has 100 valence electrons. The fourth-order valence-electron chi connectivity index (χ4n) is 5.44. The molecule has 4 saturated carbocycles. The Hall–Kier alpha value is -0.790. The molecule has 0 saturated heterocycles. The molecule has 0 aromatic heterocycles. The molecule has 4 rings (SSSR count). The molecule has 0 amide bonds. The Morgan fingerprint density at radius 3 is 2.39 bits per heavy atom. The van der Waals surface area contributed by atoms with Gasteiger partial charge in [0.2, 0.25) is 0 Å². The number of carbonyl (C=O) groups is 1. The fourth-order valence-corrected chi connectivity index (χ4v) is 5.44. The SMILES string of the molecule is C=C(C)C(=O)OCC12CC3CC(CC(C)(C3)C1)C2. The molecule has 4 fully saturated rings. The van der Waals surface area contributed by atoms with Crippen LogP contribution in [-0.4, -0.2) is 12.6 Å². The number of hydrogen-bond acceptors (Lipinski definition) is 2. The molecule has 0 N–H and O–H groups in total. The molecule has 18 heavy (non-hydrogen) atoms. The lowest BCUT2D eigenvalue weighted by Crippen LogP contribution is -2.52. The van der Waals surface area contributed by atoms with E-state index in [1.807, 2.05) is 0 Å². The van der Waals surface area contributed by atoms with Crippen molar-refractivity contribution in [1.82, 2.24) is 0 Å². The predicted molar refractivity (Wildman–Crippen MR) is 71.0 cm³/mol. The molecule has 2 atom stereocenters. The van der Waals surface area contributed by atoms with Crippen LogP contribution in [0.3, 0.4) is 0 Å². The predicted octanol–water partition coefficient (Wildman–Crippen LogP) is 3.71. The molecule has 0 heterocycles. The van der Waals surface area contributed by atoms with Gasteiger partial charge in [0.1, 0.15) is 0 Å². The van der Waals surface area contributed by atoms with E-state index in [4.69, 9.17) is 4.74 Å². The molecule has 4 aliphatic carbocycles. The zero-order valence-electron chi connectivity index (χ0n) is 11.6. The lowest BCUT2D eigenvalue weighted by atomic mass is 9.45. The zero-order valence-corrected chi connectivity index (χ0v) is 11.6. The molecule has 2 nitrogen and oxygen atoms in total. The highest BCUT2D eigenvalue weighted by molar-refractivity contribution is 5.86. The highest BCUT2D eigenvalue weighted by atomic mass is 16.5. The third-order valence-electron chi connectivity index (χ3n) is 5.33. The summed E-state index contributed by atoms with van der Waals surface area (Å²) in [5.41, 5.74) is 1.34. The molecule has 0 aromatic carbocycles. The average molecular weight is 248 g/mol. The zero-order chi connectivity index (χ0) is 13.0. The molecular formula is C16H24O2. The Morgan fingerprint density at radius 1 is 1.28 bits per heavy atom. The van der Waals surface area contributed by atoms with Crippen molar-refractivity contribution in [1.29, 1.82) is 0 Å². The first-order chi connectivity index (χ1) is 8.40. The van der Waals surface area contributed by atoms with Crippen molar-refractivity contribution in [2.24, 2.45) is 22.7 Å². The first-order valence-corrected chi connectivity index (χ1v) is 7.22. The summed E-state index contributed by atoms with van der Waals surface area (Å²) < 4.78 is 5.49. The Balaban J connectivity index is 1.71. The first kappa shape index (κ1) is 12.3. The topological polar surface area (TPSA) is 26.3 Å². The summed E-state index contributed by atoms with van der Waals surface area (Å²) in [5, 5.41) is 0. The van der Waals surface area contributed by atoms with E-state index in [1.165, 1.54) is 38.5 Å². The van der Waals surface area contributed by atoms with Crippen molar-refractivity contribution in [2.75, 3.05) is 6.61 Å². The van der Waals surface area contributed by atoms with E-state index in [0.717, 1.165) is 11.8 Å². The summed E-state index contributed by atoms with van der Waals surface area (Å²) in [6.07, 6.45) is 8.05. The maximum atomic E-state index is 11.6. The summed E-state index contributed by atoms with van der Waals surface area (Å²) in [5.74, 6) is 1.57. The molecule has 4 aliphatic rings. The van der Waals surface area contributed by atoms with Gasteiger partial charge in [-0.25, -0.2) is 4.79 Å². The van der Waals surface area contributed by atoms with E-state index in [9.17, 15) is 4.79 Å². The van der Waals surface area contributed by atoms with E-state index in [0.29, 0.717) is 23.0 Å². The van der Waals surface area contributed by atoms with E-state index in [1.54, 1.807) is 6.92 Å². The van der Waals surface area contributed by atoms with Crippen LogP contribution < -0.4 is 0 Å². The van der Waals surface area contributed by atoms with Gasteiger partial charge in [-0.3, -0.25) is 0 Å². The number of hydrogen-bond donors (Lipinski definition) is 0. The van der Waals surface area contributed by atoms with Gasteiger partial charge in [0.15, 0.2) is 0 Å². The Morgan fingerprint density at radius 2 is 1.89 bits per heavy atom. The molecule has 0 aromatic rings. The largest absolute Gasteiger partial charge is 0.462 e. The molecule has 0 radical (unpaired) electrons. The van der Waals surface area contributed by atoms with Crippen molar-refractivity contribution in [3.63, 3.8) is 0 Å². The smallest absolute Gasteiger partial charge is 0.333 e. The van der Waals surface area contributed by atoms with Gasteiger partial charge in [0.25, 0.3) is 0 Å². The summed E-state index contributed by atoms with van der Waals surface area (Å²) >= 11 is 0. The monoisotopic (exact) mass is 248 g/mol. The summed E-state index contributed by atoms with van der Waals surface area (Å²) in [7, 11) is 0. The van der Waals surface area contributed by atoms with Gasteiger partial charge in [-0.15, -0.1) is 0 Å². The minimum atomic E-state index is -0.212. The molecular weight excluding hydrogens is 224 g/mol. The summed E-state index contributed by atoms with van der Waals surface area (Å²) in [4.78, 5) is 11.6. The third kappa shape index (κ3) is 2.00. The van der Waals surface area contributed by atoms with Gasteiger partial charge in [-0.05, 0) is 62.7 Å². The van der Waals surface area contributed by atoms with Crippen LogP contribution in [-0.2, 0) is 9.53 Å². The van der Waals surface area contributed by atoms with Crippen LogP contribution in [0.1, 0.15) is 52.4 Å². The molecule has 2 heteroatoms. The highest BCUT2D eigenvalue weighted by Gasteiger charge is 2.56. The second-order valence-electron chi connectivity index (χ2n) is 7.63. The normalized spacial score (nSPS) is 45.0. The number of rotatable bonds is 3. The van der Waals surface area contributed by atoms with E-state index in [2.05, 4.69) is 13.5 Å². The molecule has 2 unspecified atom stereocenters. The van der Waals surface area contributed by atoms with Gasteiger partial charge in [0.05, 0.1) is 6.61 Å². The number of esters is 1. The minimum absolute atomic E-state index is 0.212. The third-order valence-corrected chi connectivity index (χ3v) is 5.33. The van der Waals surface area contributed by atoms with Gasteiger partial charge in [0, 0.05) is 11.0 Å². The fraction of sp³-hybridized carbons (Fsp3) is 0.812. The second-order valence-corrected chi connectivity index (χ2v) is 7.63. The molecule has 4 bridgehead atoms. The van der Waals surface area contributed by atoms with Crippen LogP contribution in [0.2, 0.25) is 0 Å². The van der Waals surface area contributed by atoms with Crippen LogP contribution in [0.25, 0.3) is 0 Å². The summed E-state index contributed by atoms with van der Waals surface area (Å²) in [6.45, 7) is 8.46. The van der Waals surface area contributed by atoms with Crippen molar-refractivity contribution >= 4 is 5.97 Å². The maximum absolute atomic E-state index is 11.6. The van der Waals surface area contributed by atoms with E-state index in [-0.39, 0.29) is 5.97 Å². The van der Waals surface area contributed by atoms with Crippen molar-refractivity contribution < 1.29 is 9.53 Å². The maximum Gasteiger partial charge on any atom is 0.333 e. The van der Waals surface area contributed by atoms with Crippen LogP contribution in [0.4, 0.5) is 0 Å². The van der Waals surface area contributed by atoms with Gasteiger partial charge < -0.3 is 4.74 Å². The van der Waals surface area contributed by atoms with Crippen molar-refractivity contribution in [2.45, 2.75) is 52.4 Å². The highest BCUT2D eigenvalue weighted by Crippen LogP contribution is 2.65. The van der Waals surface area contributed by atoms with E-state index < -0.39 is 0 Å². The lowest BCUT2D eigenvalue weighted by Gasteiger charge is -2.61. The van der Waals surface area contributed by atoms with Crippen LogP contribution in [0.5, 0.6) is 0 Å². The average Bonchev–Trinajstić information content (AvgIpc) is 2.22. The molecule has 0 spiro atoms. The Bertz CT molecular complexity index is 382.